The highest BCUT2D eigenvalue weighted by atomic mass is 16.4. The second-order valence-corrected chi connectivity index (χ2v) is 6.34. The Morgan fingerprint density at radius 3 is 2.70 bits per heavy atom. The molecule has 0 spiro atoms. The maximum Gasteiger partial charge on any atom is 0.451 e. The van der Waals surface area contributed by atoms with Crippen molar-refractivity contribution in [2.24, 2.45) is 23.5 Å². The molecule has 0 bridgehead atoms. The molecule has 1 saturated carbocycles. The van der Waals surface area contributed by atoms with E-state index in [2.05, 4.69) is 11.8 Å². The normalized spacial score (nSPS) is 37.1. The lowest BCUT2D eigenvalue weighted by atomic mass is 9.76. The Morgan fingerprint density at radius 2 is 2.15 bits per heavy atom. The molecule has 0 aromatic heterocycles. The number of hydrogen-bond donors (Lipinski definition) is 4. The minimum atomic E-state index is -1.32. The molecule has 114 valence electrons. The van der Waals surface area contributed by atoms with Crippen molar-refractivity contribution in [3.05, 3.63) is 0 Å². The summed E-state index contributed by atoms with van der Waals surface area (Å²) in [6.45, 7) is 4.96. The van der Waals surface area contributed by atoms with E-state index in [1.807, 2.05) is 0 Å². The standard InChI is InChI=1S/C13H25BN2O4/c1-2-16-7-9-6-13(15,12(17)18)11(10(9)8-16)4-3-5-14(19)20/h9-11,19-20H,2-8,15H2,1H3,(H,17,18)/t9-,10+,11-,13-/m0/s1. The van der Waals surface area contributed by atoms with E-state index >= 15 is 0 Å². The molecule has 1 saturated heterocycles. The van der Waals surface area contributed by atoms with Gasteiger partial charge in [0.1, 0.15) is 5.54 Å². The zero-order chi connectivity index (χ0) is 14.9. The van der Waals surface area contributed by atoms with E-state index in [-0.39, 0.29) is 12.2 Å². The highest BCUT2D eigenvalue weighted by Crippen LogP contribution is 2.49. The van der Waals surface area contributed by atoms with Crippen LogP contribution in [0.5, 0.6) is 0 Å². The van der Waals surface area contributed by atoms with Crippen molar-refractivity contribution in [3.63, 3.8) is 0 Å². The third-order valence-corrected chi connectivity index (χ3v) is 5.17. The Kier molecular flexibility index (Phi) is 4.74. The molecule has 0 aromatic rings. The number of rotatable bonds is 6. The summed E-state index contributed by atoms with van der Waals surface area (Å²) in [5.41, 5.74) is 5.05. The van der Waals surface area contributed by atoms with Gasteiger partial charge in [-0.25, -0.2) is 0 Å². The van der Waals surface area contributed by atoms with E-state index < -0.39 is 18.6 Å². The summed E-state index contributed by atoms with van der Waals surface area (Å²) < 4.78 is 0. The van der Waals surface area contributed by atoms with Crippen LogP contribution in [0.25, 0.3) is 0 Å². The molecule has 2 rings (SSSR count). The summed E-state index contributed by atoms with van der Waals surface area (Å²) in [6, 6.07) is 0. The summed E-state index contributed by atoms with van der Waals surface area (Å²) >= 11 is 0. The van der Waals surface area contributed by atoms with Gasteiger partial charge in [0.15, 0.2) is 0 Å². The molecule has 5 N–H and O–H groups in total. The highest BCUT2D eigenvalue weighted by molar-refractivity contribution is 6.40. The first-order chi connectivity index (χ1) is 9.38. The van der Waals surface area contributed by atoms with E-state index in [0.29, 0.717) is 31.1 Å². The quantitative estimate of drug-likeness (QED) is 0.495. The molecule has 2 fully saturated rings. The summed E-state index contributed by atoms with van der Waals surface area (Å²) in [7, 11) is -1.32. The van der Waals surface area contributed by atoms with Gasteiger partial charge in [-0.05, 0) is 43.5 Å². The van der Waals surface area contributed by atoms with Gasteiger partial charge in [-0.15, -0.1) is 0 Å². The van der Waals surface area contributed by atoms with Gasteiger partial charge in [-0.1, -0.05) is 13.3 Å². The number of nitrogens with two attached hydrogens (primary N) is 1. The summed E-state index contributed by atoms with van der Waals surface area (Å²) in [5, 5.41) is 27.4. The molecular formula is C13H25BN2O4. The average Bonchev–Trinajstić information content (AvgIpc) is 2.86. The molecule has 2 aliphatic rings. The molecular weight excluding hydrogens is 259 g/mol. The first-order valence-corrected chi connectivity index (χ1v) is 7.49. The Labute approximate surface area is 120 Å². The lowest BCUT2D eigenvalue weighted by Gasteiger charge is -2.31. The van der Waals surface area contributed by atoms with Crippen LogP contribution in [0.2, 0.25) is 6.32 Å². The molecule has 0 unspecified atom stereocenters. The van der Waals surface area contributed by atoms with Gasteiger partial charge in [-0.3, -0.25) is 4.79 Å². The number of nitrogens with zero attached hydrogens (tertiary/aromatic N) is 1. The highest BCUT2D eigenvalue weighted by Gasteiger charge is 2.57. The summed E-state index contributed by atoms with van der Waals surface area (Å²) in [5.74, 6) is -0.295. The maximum absolute atomic E-state index is 11.6. The molecule has 1 aliphatic carbocycles. The minimum absolute atomic E-state index is 0.0692. The monoisotopic (exact) mass is 284 g/mol. The Bertz CT molecular complexity index is 368. The van der Waals surface area contributed by atoms with Crippen molar-refractivity contribution in [2.45, 2.75) is 38.0 Å². The molecule has 20 heavy (non-hydrogen) atoms. The van der Waals surface area contributed by atoms with Gasteiger partial charge < -0.3 is 25.8 Å². The lowest BCUT2D eigenvalue weighted by molar-refractivity contribution is -0.145. The first-order valence-electron chi connectivity index (χ1n) is 7.49. The number of carbonyl (C=O) groups is 1. The van der Waals surface area contributed by atoms with Crippen LogP contribution < -0.4 is 5.73 Å². The Balaban J connectivity index is 2.07. The molecule has 1 heterocycles. The molecule has 6 nitrogen and oxygen atoms in total. The second kappa shape index (κ2) is 6.01. The average molecular weight is 284 g/mol. The van der Waals surface area contributed by atoms with Gasteiger partial charge in [-0.2, -0.15) is 0 Å². The van der Waals surface area contributed by atoms with E-state index in [9.17, 15) is 9.90 Å². The molecule has 0 amide bonds. The fourth-order valence-corrected chi connectivity index (χ4v) is 4.12. The number of carboxylic acids is 1. The van der Waals surface area contributed by atoms with Crippen molar-refractivity contribution in [1.82, 2.24) is 4.90 Å². The minimum Gasteiger partial charge on any atom is -0.480 e. The van der Waals surface area contributed by atoms with Crippen molar-refractivity contribution in [2.75, 3.05) is 19.6 Å². The van der Waals surface area contributed by atoms with E-state index in [0.717, 1.165) is 19.6 Å². The maximum atomic E-state index is 11.6. The SMILES string of the molecule is CCN1C[C@@H]2C[C@@](N)(C(=O)O)[C@@H](CCCB(O)O)[C@@H]2C1. The molecule has 4 atom stereocenters. The van der Waals surface area contributed by atoms with Crippen molar-refractivity contribution >= 4 is 13.1 Å². The van der Waals surface area contributed by atoms with Gasteiger partial charge in [0.2, 0.25) is 0 Å². The lowest BCUT2D eigenvalue weighted by Crippen LogP contribution is -2.53. The van der Waals surface area contributed by atoms with E-state index in [1.165, 1.54) is 0 Å². The third kappa shape index (κ3) is 2.86. The largest absolute Gasteiger partial charge is 0.480 e. The van der Waals surface area contributed by atoms with Crippen molar-refractivity contribution < 1.29 is 19.9 Å². The topological polar surface area (TPSA) is 107 Å². The predicted molar refractivity (Wildman–Crippen MR) is 76.0 cm³/mol. The van der Waals surface area contributed by atoms with E-state index in [4.69, 9.17) is 15.8 Å². The number of aliphatic carboxylic acids is 1. The number of likely N-dealkylation sites (tertiary alicyclic amines) is 1. The number of fused-ring (bicyclic) bond motifs is 1. The molecule has 1 aliphatic heterocycles. The smallest absolute Gasteiger partial charge is 0.451 e. The molecule has 7 heteroatoms. The summed E-state index contributed by atoms with van der Waals surface area (Å²) in [6.07, 6.45) is 2.07. The molecule has 0 radical (unpaired) electrons. The van der Waals surface area contributed by atoms with Crippen LogP contribution in [-0.2, 0) is 4.79 Å². The van der Waals surface area contributed by atoms with E-state index in [1.54, 1.807) is 0 Å². The summed E-state index contributed by atoms with van der Waals surface area (Å²) in [4.78, 5) is 13.9. The van der Waals surface area contributed by atoms with Crippen LogP contribution in [-0.4, -0.2) is 58.3 Å². The van der Waals surface area contributed by atoms with Crippen LogP contribution in [0.1, 0.15) is 26.2 Å². The predicted octanol–water partition coefficient (Wildman–Crippen LogP) is -0.391. The van der Waals surface area contributed by atoms with Gasteiger partial charge in [0.05, 0.1) is 0 Å². The van der Waals surface area contributed by atoms with Crippen molar-refractivity contribution in [1.29, 1.82) is 0 Å². The molecule has 0 aromatic carbocycles. The Hall–Kier alpha value is -0.625. The van der Waals surface area contributed by atoms with Crippen LogP contribution in [0, 0.1) is 17.8 Å². The fraction of sp³-hybridized carbons (Fsp3) is 0.923. The van der Waals surface area contributed by atoms with Crippen LogP contribution in [0.15, 0.2) is 0 Å². The van der Waals surface area contributed by atoms with Crippen LogP contribution >= 0.6 is 0 Å². The number of hydrogen-bond acceptors (Lipinski definition) is 5. The zero-order valence-electron chi connectivity index (χ0n) is 12.0. The van der Waals surface area contributed by atoms with Crippen LogP contribution in [0.4, 0.5) is 0 Å². The first kappa shape index (κ1) is 15.8. The number of carboxylic acid groups (broad SMARTS) is 1. The fourth-order valence-electron chi connectivity index (χ4n) is 4.12. The van der Waals surface area contributed by atoms with Crippen molar-refractivity contribution in [3.8, 4) is 0 Å². The Morgan fingerprint density at radius 1 is 1.45 bits per heavy atom. The second-order valence-electron chi connectivity index (χ2n) is 6.34. The third-order valence-electron chi connectivity index (χ3n) is 5.17. The van der Waals surface area contributed by atoms with Gasteiger partial charge in [0.25, 0.3) is 0 Å². The van der Waals surface area contributed by atoms with Crippen LogP contribution in [0.3, 0.4) is 0 Å². The van der Waals surface area contributed by atoms with Gasteiger partial charge >= 0.3 is 13.1 Å². The zero-order valence-corrected chi connectivity index (χ0v) is 12.0. The van der Waals surface area contributed by atoms with Gasteiger partial charge in [0, 0.05) is 13.1 Å².